The maximum Gasteiger partial charge on any atom is 0.255 e. The number of hydrogen-bond acceptors (Lipinski definition) is 3. The van der Waals surface area contributed by atoms with Crippen LogP contribution in [-0.4, -0.2) is 31.1 Å². The van der Waals surface area contributed by atoms with Crippen molar-refractivity contribution in [3.63, 3.8) is 0 Å². The fourth-order valence-electron chi connectivity index (χ4n) is 2.03. The normalized spacial score (nSPS) is 10.6. The van der Waals surface area contributed by atoms with Crippen molar-refractivity contribution < 1.29 is 9.53 Å². The first-order valence-corrected chi connectivity index (χ1v) is 8.36. The lowest BCUT2D eigenvalue weighted by atomic mass is 10.1. The number of carbonyl (C=O) groups is 1. The molecule has 1 heterocycles. The Hall–Kier alpha value is -1.17. The number of amides is 1. The van der Waals surface area contributed by atoms with Crippen LogP contribution in [0.15, 0.2) is 40.2 Å². The quantitative estimate of drug-likeness (QED) is 0.768. The molecule has 2 aromatic rings. The van der Waals surface area contributed by atoms with Gasteiger partial charge in [-0.1, -0.05) is 18.2 Å². The lowest BCUT2D eigenvalue weighted by Gasteiger charge is -2.22. The van der Waals surface area contributed by atoms with Gasteiger partial charge in [-0.25, -0.2) is 0 Å². The number of ether oxygens (including phenoxy) is 1. The summed E-state index contributed by atoms with van der Waals surface area (Å²) in [6.45, 7) is 3.70. The molecule has 0 fully saturated rings. The van der Waals surface area contributed by atoms with Crippen LogP contribution in [0.5, 0.6) is 0 Å². The minimum Gasteiger partial charge on any atom is -0.383 e. The Morgan fingerprint density at radius 1 is 1.33 bits per heavy atom. The van der Waals surface area contributed by atoms with Gasteiger partial charge in [-0.15, -0.1) is 11.3 Å². The summed E-state index contributed by atoms with van der Waals surface area (Å²) in [5.41, 5.74) is 1.76. The van der Waals surface area contributed by atoms with Gasteiger partial charge in [-0.3, -0.25) is 4.79 Å². The lowest BCUT2D eigenvalue weighted by molar-refractivity contribution is 0.0681. The average molecular weight is 368 g/mol. The fraction of sp³-hybridized carbons (Fsp3) is 0.312. The van der Waals surface area contributed by atoms with Crippen LogP contribution >= 0.6 is 27.3 Å². The molecule has 0 aliphatic carbocycles. The van der Waals surface area contributed by atoms with Gasteiger partial charge >= 0.3 is 0 Å². The number of benzene rings is 1. The molecule has 1 aromatic carbocycles. The molecule has 0 saturated carbocycles. The van der Waals surface area contributed by atoms with E-state index in [1.54, 1.807) is 18.4 Å². The van der Waals surface area contributed by atoms with Crippen LogP contribution in [0.25, 0.3) is 0 Å². The van der Waals surface area contributed by atoms with E-state index in [1.165, 1.54) is 4.88 Å². The number of halogens is 1. The summed E-state index contributed by atoms with van der Waals surface area (Å²) < 4.78 is 5.99. The molecule has 21 heavy (non-hydrogen) atoms. The maximum atomic E-state index is 12.8. The van der Waals surface area contributed by atoms with Crippen LogP contribution < -0.4 is 0 Å². The third-order valence-corrected chi connectivity index (χ3v) is 5.12. The molecule has 2 rings (SSSR count). The highest BCUT2D eigenvalue weighted by molar-refractivity contribution is 9.10. The Bertz CT molecular complexity index is 598. The van der Waals surface area contributed by atoms with Crippen LogP contribution in [0.1, 0.15) is 20.8 Å². The second-order valence-corrected chi connectivity index (χ2v) is 6.56. The van der Waals surface area contributed by atoms with Gasteiger partial charge in [0.05, 0.1) is 18.7 Å². The zero-order valence-corrected chi connectivity index (χ0v) is 14.5. The summed E-state index contributed by atoms with van der Waals surface area (Å²) in [5.74, 6) is 0.0241. The highest BCUT2D eigenvalue weighted by Crippen LogP contribution is 2.23. The number of methoxy groups -OCH3 is 1. The highest BCUT2D eigenvalue weighted by atomic mass is 79.9. The predicted molar refractivity (Wildman–Crippen MR) is 89.8 cm³/mol. The van der Waals surface area contributed by atoms with E-state index in [0.29, 0.717) is 25.3 Å². The molecule has 0 saturated heterocycles. The van der Waals surface area contributed by atoms with Gasteiger partial charge < -0.3 is 9.64 Å². The van der Waals surface area contributed by atoms with E-state index in [2.05, 4.69) is 15.9 Å². The van der Waals surface area contributed by atoms with Crippen LogP contribution in [0.2, 0.25) is 0 Å². The van der Waals surface area contributed by atoms with E-state index in [9.17, 15) is 4.79 Å². The fourth-order valence-corrected chi connectivity index (χ4v) is 3.18. The first kappa shape index (κ1) is 16.2. The van der Waals surface area contributed by atoms with Crippen LogP contribution in [0.3, 0.4) is 0 Å². The number of rotatable bonds is 6. The monoisotopic (exact) mass is 367 g/mol. The Balaban J connectivity index is 2.22. The van der Waals surface area contributed by atoms with E-state index >= 15 is 0 Å². The van der Waals surface area contributed by atoms with E-state index in [-0.39, 0.29) is 5.91 Å². The number of carbonyl (C=O) groups excluding carboxylic acids is 1. The minimum absolute atomic E-state index is 0.0241. The van der Waals surface area contributed by atoms with Crippen LogP contribution in [-0.2, 0) is 11.3 Å². The van der Waals surface area contributed by atoms with Gasteiger partial charge in [0.25, 0.3) is 5.91 Å². The third kappa shape index (κ3) is 4.15. The van der Waals surface area contributed by atoms with Gasteiger partial charge in [0.1, 0.15) is 0 Å². The molecule has 1 aromatic heterocycles. The zero-order valence-electron chi connectivity index (χ0n) is 12.1. The van der Waals surface area contributed by atoms with Crippen molar-refractivity contribution in [3.05, 3.63) is 56.2 Å². The van der Waals surface area contributed by atoms with E-state index in [1.807, 2.05) is 47.5 Å². The largest absolute Gasteiger partial charge is 0.383 e. The SMILES string of the molecule is COCCN(Cc1cccs1)C(=O)c1cccc(C)c1Br. The summed E-state index contributed by atoms with van der Waals surface area (Å²) in [4.78, 5) is 15.8. The standard InChI is InChI=1S/C16H18BrNO2S/c1-12-5-3-7-14(15(12)17)16(19)18(8-9-20-2)11-13-6-4-10-21-13/h3-7,10H,8-9,11H2,1-2H3. The van der Waals surface area contributed by atoms with Crippen molar-refractivity contribution in [3.8, 4) is 0 Å². The minimum atomic E-state index is 0.0241. The molecule has 0 bridgehead atoms. The maximum absolute atomic E-state index is 12.8. The smallest absolute Gasteiger partial charge is 0.255 e. The van der Waals surface area contributed by atoms with Crippen molar-refractivity contribution in [2.24, 2.45) is 0 Å². The molecular formula is C16H18BrNO2S. The predicted octanol–water partition coefficient (Wildman–Crippen LogP) is 4.11. The van der Waals surface area contributed by atoms with E-state index < -0.39 is 0 Å². The summed E-state index contributed by atoms with van der Waals surface area (Å²) in [5, 5.41) is 2.02. The van der Waals surface area contributed by atoms with Crippen molar-refractivity contribution in [2.75, 3.05) is 20.3 Å². The molecule has 0 unspecified atom stereocenters. The molecule has 0 N–H and O–H groups in total. The second kappa shape index (κ2) is 7.73. The van der Waals surface area contributed by atoms with Gasteiger partial charge in [0.15, 0.2) is 0 Å². The molecular weight excluding hydrogens is 350 g/mol. The molecule has 0 aliphatic heterocycles. The van der Waals surface area contributed by atoms with Crippen molar-refractivity contribution in [1.29, 1.82) is 0 Å². The number of aryl methyl sites for hydroxylation is 1. The highest BCUT2D eigenvalue weighted by Gasteiger charge is 2.19. The Morgan fingerprint density at radius 3 is 2.81 bits per heavy atom. The van der Waals surface area contributed by atoms with Gasteiger partial charge in [0.2, 0.25) is 0 Å². The summed E-state index contributed by atoms with van der Waals surface area (Å²) >= 11 is 5.18. The third-order valence-electron chi connectivity index (χ3n) is 3.20. The molecule has 0 radical (unpaired) electrons. The van der Waals surface area contributed by atoms with Crippen molar-refractivity contribution in [2.45, 2.75) is 13.5 Å². The molecule has 5 heteroatoms. The van der Waals surface area contributed by atoms with Crippen LogP contribution in [0, 0.1) is 6.92 Å². The van der Waals surface area contributed by atoms with Crippen molar-refractivity contribution in [1.82, 2.24) is 4.90 Å². The summed E-state index contributed by atoms with van der Waals surface area (Å²) in [6.07, 6.45) is 0. The zero-order chi connectivity index (χ0) is 15.2. The molecule has 1 amide bonds. The molecule has 0 atom stereocenters. The molecule has 112 valence electrons. The Morgan fingerprint density at radius 2 is 2.14 bits per heavy atom. The topological polar surface area (TPSA) is 29.5 Å². The number of nitrogens with zero attached hydrogens (tertiary/aromatic N) is 1. The van der Waals surface area contributed by atoms with Crippen molar-refractivity contribution >= 4 is 33.2 Å². The van der Waals surface area contributed by atoms with E-state index in [0.717, 1.165) is 10.0 Å². The first-order chi connectivity index (χ1) is 10.1. The van der Waals surface area contributed by atoms with Gasteiger partial charge in [0, 0.05) is 23.0 Å². The molecule has 3 nitrogen and oxygen atoms in total. The first-order valence-electron chi connectivity index (χ1n) is 6.69. The lowest BCUT2D eigenvalue weighted by Crippen LogP contribution is -2.33. The second-order valence-electron chi connectivity index (χ2n) is 4.74. The Kier molecular flexibility index (Phi) is 5.96. The van der Waals surface area contributed by atoms with E-state index in [4.69, 9.17) is 4.74 Å². The summed E-state index contributed by atoms with van der Waals surface area (Å²) in [7, 11) is 1.65. The molecule has 0 spiro atoms. The number of thiophene rings is 1. The Labute approximate surface area is 137 Å². The van der Waals surface area contributed by atoms with Gasteiger partial charge in [-0.2, -0.15) is 0 Å². The van der Waals surface area contributed by atoms with Crippen LogP contribution in [0.4, 0.5) is 0 Å². The number of hydrogen-bond donors (Lipinski definition) is 0. The van der Waals surface area contributed by atoms with Gasteiger partial charge in [-0.05, 0) is 45.9 Å². The average Bonchev–Trinajstić information content (AvgIpc) is 2.98. The summed E-state index contributed by atoms with van der Waals surface area (Å²) in [6, 6.07) is 9.80. The molecule has 0 aliphatic rings.